The minimum Gasteiger partial charge on any atom is -0.391 e. The second-order valence-corrected chi connectivity index (χ2v) is 10.4. The topological polar surface area (TPSA) is 113 Å². The number of aliphatic hydroxyl groups excluding tert-OH is 2. The zero-order chi connectivity index (χ0) is 27.1. The zero-order valence-electron chi connectivity index (χ0n) is 20.3. The molecule has 0 radical (unpaired) electrons. The zero-order valence-corrected chi connectivity index (χ0v) is 21.1. The van der Waals surface area contributed by atoms with E-state index in [4.69, 9.17) is 11.6 Å². The lowest BCUT2D eigenvalue weighted by Crippen LogP contribution is -2.59. The number of urea groups is 1. The summed E-state index contributed by atoms with van der Waals surface area (Å²) in [7, 11) is 0. The summed E-state index contributed by atoms with van der Waals surface area (Å²) in [5, 5.41) is 22.6. The number of alkyl halides is 3. The van der Waals surface area contributed by atoms with Crippen molar-refractivity contribution >= 4 is 35.1 Å². The van der Waals surface area contributed by atoms with E-state index in [-0.39, 0.29) is 49.6 Å². The fourth-order valence-electron chi connectivity index (χ4n) is 5.02. The van der Waals surface area contributed by atoms with Crippen LogP contribution in [-0.4, -0.2) is 93.7 Å². The van der Waals surface area contributed by atoms with Crippen molar-refractivity contribution < 1.29 is 37.8 Å². The lowest BCUT2D eigenvalue weighted by atomic mass is 9.90. The molecule has 2 saturated heterocycles. The molecule has 1 aromatic rings. The van der Waals surface area contributed by atoms with Gasteiger partial charge in [-0.25, -0.2) is 4.79 Å². The third kappa shape index (κ3) is 5.80. The van der Waals surface area contributed by atoms with Crippen LogP contribution in [0.4, 0.5) is 23.7 Å². The molecule has 1 aliphatic carbocycles. The van der Waals surface area contributed by atoms with Gasteiger partial charge in [-0.05, 0) is 56.2 Å². The van der Waals surface area contributed by atoms with Crippen molar-refractivity contribution in [3.63, 3.8) is 0 Å². The van der Waals surface area contributed by atoms with Gasteiger partial charge >= 0.3 is 12.2 Å². The number of anilines is 1. The summed E-state index contributed by atoms with van der Waals surface area (Å²) in [4.78, 5) is 42.4. The van der Waals surface area contributed by atoms with Gasteiger partial charge in [0.15, 0.2) is 0 Å². The molecule has 1 aromatic carbocycles. The summed E-state index contributed by atoms with van der Waals surface area (Å²) in [5.74, 6) is -0.848. The summed E-state index contributed by atoms with van der Waals surface area (Å²) in [5.41, 5.74) is -1.02. The van der Waals surface area contributed by atoms with Crippen LogP contribution < -0.4 is 5.32 Å². The highest BCUT2D eigenvalue weighted by Gasteiger charge is 2.52. The van der Waals surface area contributed by atoms with Crippen LogP contribution in [0.25, 0.3) is 0 Å². The Labute approximate surface area is 217 Å². The lowest BCUT2D eigenvalue weighted by Gasteiger charge is -2.40. The Hall–Kier alpha value is -2.57. The Balaban J connectivity index is 1.27. The van der Waals surface area contributed by atoms with E-state index in [0.717, 1.165) is 31.0 Å². The number of piperazine rings is 1. The number of hydrogen-bond acceptors (Lipinski definition) is 5. The third-order valence-electron chi connectivity index (χ3n) is 7.68. The second kappa shape index (κ2) is 10.3. The Bertz CT molecular complexity index is 1070. The average Bonchev–Trinajstić information content (AvgIpc) is 3.61. The molecular formula is C24H30ClF3N4O5. The highest BCUT2D eigenvalue weighted by Crippen LogP contribution is 2.53. The van der Waals surface area contributed by atoms with E-state index in [9.17, 15) is 37.8 Å². The predicted molar refractivity (Wildman–Crippen MR) is 128 cm³/mol. The number of amides is 4. The average molecular weight is 547 g/mol. The quantitative estimate of drug-likeness (QED) is 0.525. The van der Waals surface area contributed by atoms with Crippen molar-refractivity contribution in [1.29, 1.82) is 0 Å². The normalized spacial score (nSPS) is 24.3. The van der Waals surface area contributed by atoms with Gasteiger partial charge in [0.2, 0.25) is 5.91 Å². The first kappa shape index (κ1) is 27.5. The van der Waals surface area contributed by atoms with Crippen LogP contribution in [0.15, 0.2) is 18.2 Å². The first-order valence-corrected chi connectivity index (χ1v) is 12.6. The molecule has 0 aromatic heterocycles. The molecule has 4 amide bonds. The summed E-state index contributed by atoms with van der Waals surface area (Å²) in [6.07, 6.45) is -3.87. The van der Waals surface area contributed by atoms with Crippen molar-refractivity contribution in [1.82, 2.24) is 14.7 Å². The Morgan fingerprint density at radius 1 is 1.22 bits per heavy atom. The molecule has 0 unspecified atom stereocenters. The fraction of sp³-hybridized carbons (Fsp3) is 0.625. The number of nitrogens with one attached hydrogen (secondary N) is 1. The molecule has 3 N–H and O–H groups in total. The van der Waals surface area contributed by atoms with Crippen LogP contribution in [0.2, 0.25) is 5.02 Å². The van der Waals surface area contributed by atoms with Crippen LogP contribution in [0, 0.1) is 5.41 Å². The van der Waals surface area contributed by atoms with Gasteiger partial charge in [0, 0.05) is 38.4 Å². The molecule has 4 rings (SSSR count). The number of halogens is 4. The number of carbonyl (C=O) groups is 3. The molecule has 2 heterocycles. The Morgan fingerprint density at radius 3 is 2.51 bits per heavy atom. The number of hydrogen-bond donors (Lipinski definition) is 3. The highest BCUT2D eigenvalue weighted by molar-refractivity contribution is 6.31. The van der Waals surface area contributed by atoms with Crippen LogP contribution in [0.1, 0.15) is 38.2 Å². The summed E-state index contributed by atoms with van der Waals surface area (Å²) in [6.45, 7) is 2.64. The summed E-state index contributed by atoms with van der Waals surface area (Å²) >= 11 is 5.70. The van der Waals surface area contributed by atoms with Crippen molar-refractivity contribution in [2.24, 2.45) is 5.41 Å². The van der Waals surface area contributed by atoms with Gasteiger partial charge in [0.05, 0.1) is 16.7 Å². The van der Waals surface area contributed by atoms with Crippen molar-refractivity contribution in [3.8, 4) is 0 Å². The molecule has 0 bridgehead atoms. The number of piperidine rings is 1. The maximum atomic E-state index is 12.9. The number of β-amino-alcohol motifs (C(OH)–C–C–N with tert-alkyl or cyclic N) is 1. The monoisotopic (exact) mass is 546 g/mol. The largest absolute Gasteiger partial charge is 0.417 e. The van der Waals surface area contributed by atoms with E-state index in [1.54, 1.807) is 0 Å². The van der Waals surface area contributed by atoms with Crippen LogP contribution >= 0.6 is 11.6 Å². The van der Waals surface area contributed by atoms with Gasteiger partial charge in [-0.2, -0.15) is 13.2 Å². The van der Waals surface area contributed by atoms with Gasteiger partial charge in [-0.1, -0.05) is 11.6 Å². The minimum absolute atomic E-state index is 0.0191. The summed E-state index contributed by atoms with van der Waals surface area (Å²) < 4.78 is 38.7. The minimum atomic E-state index is -4.62. The van der Waals surface area contributed by atoms with Crippen LogP contribution in [-0.2, 0) is 15.8 Å². The van der Waals surface area contributed by atoms with Crippen molar-refractivity contribution in [2.75, 3.05) is 38.0 Å². The number of benzene rings is 1. The SMILES string of the molecule is C[C@H]1C(=O)N(CC[C@@H](O)C(=O)N2CCC3(CC3)[C@H](O)C2)CCN1C(=O)Nc1ccc(C(F)(F)F)c(Cl)c1. The van der Waals surface area contributed by atoms with E-state index in [2.05, 4.69) is 5.32 Å². The molecule has 3 atom stereocenters. The Morgan fingerprint density at radius 2 is 1.92 bits per heavy atom. The molecule has 9 nitrogen and oxygen atoms in total. The Kier molecular flexibility index (Phi) is 7.64. The maximum absolute atomic E-state index is 12.9. The van der Waals surface area contributed by atoms with E-state index in [1.165, 1.54) is 21.6 Å². The molecule has 2 aliphatic heterocycles. The number of nitrogens with zero attached hydrogens (tertiary/aromatic N) is 3. The smallest absolute Gasteiger partial charge is 0.391 e. The van der Waals surface area contributed by atoms with Gasteiger partial charge in [-0.15, -0.1) is 0 Å². The van der Waals surface area contributed by atoms with E-state index >= 15 is 0 Å². The van der Waals surface area contributed by atoms with Gasteiger partial charge in [-0.3, -0.25) is 9.59 Å². The van der Waals surface area contributed by atoms with Gasteiger partial charge in [0.1, 0.15) is 12.1 Å². The van der Waals surface area contributed by atoms with Crippen molar-refractivity contribution in [2.45, 2.75) is 57.0 Å². The van der Waals surface area contributed by atoms with Crippen molar-refractivity contribution in [3.05, 3.63) is 28.8 Å². The highest BCUT2D eigenvalue weighted by atomic mass is 35.5. The number of rotatable bonds is 5. The van der Waals surface area contributed by atoms with E-state index < -0.39 is 47.0 Å². The van der Waals surface area contributed by atoms with E-state index in [1.807, 2.05) is 0 Å². The van der Waals surface area contributed by atoms with Gasteiger partial charge < -0.3 is 30.2 Å². The van der Waals surface area contributed by atoms with E-state index in [0.29, 0.717) is 13.0 Å². The van der Waals surface area contributed by atoms with Crippen LogP contribution in [0.5, 0.6) is 0 Å². The first-order chi connectivity index (χ1) is 17.3. The number of aliphatic hydroxyl groups is 2. The second-order valence-electron chi connectivity index (χ2n) is 10.0. The molecule has 1 saturated carbocycles. The van der Waals surface area contributed by atoms with Crippen LogP contribution in [0.3, 0.4) is 0 Å². The van der Waals surface area contributed by atoms with Gasteiger partial charge in [0.25, 0.3) is 5.91 Å². The summed E-state index contributed by atoms with van der Waals surface area (Å²) in [6, 6.07) is 1.32. The molecule has 1 spiro atoms. The fourth-order valence-corrected chi connectivity index (χ4v) is 5.31. The molecule has 3 fully saturated rings. The third-order valence-corrected chi connectivity index (χ3v) is 7.99. The lowest BCUT2D eigenvalue weighted by molar-refractivity contribution is -0.147. The molecule has 3 aliphatic rings. The maximum Gasteiger partial charge on any atom is 0.417 e. The molecule has 204 valence electrons. The predicted octanol–water partition coefficient (Wildman–Crippen LogP) is 2.55. The molecule has 37 heavy (non-hydrogen) atoms. The number of likely N-dealkylation sites (tertiary alicyclic amines) is 1. The molecule has 13 heteroatoms. The number of carbonyl (C=O) groups excluding carboxylic acids is 3. The standard InChI is InChI=1S/C24H30ClF3N4O5/c1-14-20(35)30(8-4-18(33)21(36)31-9-7-23(5-6-23)19(34)13-31)10-11-32(14)22(37)29-15-2-3-16(17(25)12-15)24(26,27)28/h2-3,12,14,18-19,33-34H,4-11,13H2,1H3,(H,29,37)/t14-,18+,19+/m0/s1. The first-order valence-electron chi connectivity index (χ1n) is 12.2. The molecular weight excluding hydrogens is 517 g/mol.